The highest BCUT2D eigenvalue weighted by Gasteiger charge is 2.17. The van der Waals surface area contributed by atoms with Gasteiger partial charge in [-0.1, -0.05) is 18.2 Å². The molecule has 0 saturated carbocycles. The zero-order chi connectivity index (χ0) is 12.1. The highest BCUT2D eigenvalue weighted by Crippen LogP contribution is 2.24. The summed E-state index contributed by atoms with van der Waals surface area (Å²) in [7, 11) is 3.18. The smallest absolute Gasteiger partial charge is 0.323 e. The lowest BCUT2D eigenvalue weighted by molar-refractivity contribution is 0.191. The maximum atomic E-state index is 11.7. The summed E-state index contributed by atoms with van der Waals surface area (Å²) in [4.78, 5) is 13.3. The first-order valence-corrected chi connectivity index (χ1v) is 5.16. The van der Waals surface area contributed by atoms with Gasteiger partial charge in [0, 0.05) is 14.2 Å². The Balaban J connectivity index is 3.15. The fourth-order valence-corrected chi connectivity index (χ4v) is 1.72. The molecule has 0 aromatic heterocycles. The van der Waals surface area contributed by atoms with Crippen LogP contribution in [0.15, 0.2) is 18.2 Å². The Bertz CT molecular complexity index is 357. The third-order valence-corrected chi connectivity index (χ3v) is 2.43. The van der Waals surface area contributed by atoms with Crippen LogP contribution in [0.2, 0.25) is 0 Å². The van der Waals surface area contributed by atoms with Gasteiger partial charge in [-0.05, 0) is 25.0 Å². The first kappa shape index (κ1) is 12.5. The van der Waals surface area contributed by atoms with Gasteiger partial charge in [-0.3, -0.25) is 4.90 Å². The lowest BCUT2D eigenvalue weighted by atomic mass is 10.1. The minimum atomic E-state index is -0.167. The van der Waals surface area contributed by atoms with E-state index in [9.17, 15) is 4.79 Å². The molecule has 0 bridgehead atoms. The number of methoxy groups -OCH3 is 1. The van der Waals surface area contributed by atoms with Crippen molar-refractivity contribution in [2.75, 3.05) is 25.8 Å². The maximum absolute atomic E-state index is 11.7. The van der Waals surface area contributed by atoms with Crippen molar-refractivity contribution in [1.82, 2.24) is 5.32 Å². The van der Waals surface area contributed by atoms with Crippen LogP contribution in [0.4, 0.5) is 10.5 Å². The van der Waals surface area contributed by atoms with Crippen LogP contribution < -0.4 is 10.2 Å². The maximum Gasteiger partial charge on any atom is 0.323 e. The van der Waals surface area contributed by atoms with E-state index in [-0.39, 0.29) is 12.8 Å². The molecule has 0 aliphatic heterocycles. The second-order valence-electron chi connectivity index (χ2n) is 3.64. The molecule has 2 amide bonds. The van der Waals surface area contributed by atoms with E-state index in [1.807, 2.05) is 32.0 Å². The minimum Gasteiger partial charge on any atom is -0.364 e. The van der Waals surface area contributed by atoms with Crippen LogP contribution in [0.1, 0.15) is 11.1 Å². The van der Waals surface area contributed by atoms with Crippen molar-refractivity contribution in [2.45, 2.75) is 13.8 Å². The molecule has 0 unspecified atom stereocenters. The van der Waals surface area contributed by atoms with Crippen molar-refractivity contribution in [1.29, 1.82) is 0 Å². The van der Waals surface area contributed by atoms with Gasteiger partial charge < -0.3 is 10.1 Å². The number of amides is 2. The molecule has 0 atom stereocenters. The molecule has 1 N–H and O–H groups in total. The summed E-state index contributed by atoms with van der Waals surface area (Å²) in [6, 6.07) is 5.77. The predicted molar refractivity (Wildman–Crippen MR) is 64.7 cm³/mol. The Kier molecular flexibility index (Phi) is 4.31. The van der Waals surface area contributed by atoms with Gasteiger partial charge in [0.25, 0.3) is 0 Å². The number of carbonyl (C=O) groups is 1. The van der Waals surface area contributed by atoms with Crippen molar-refractivity contribution in [3.05, 3.63) is 29.3 Å². The number of ether oxygens (including phenoxy) is 1. The van der Waals surface area contributed by atoms with E-state index in [1.165, 1.54) is 0 Å². The van der Waals surface area contributed by atoms with Crippen molar-refractivity contribution in [3.8, 4) is 0 Å². The highest BCUT2D eigenvalue weighted by molar-refractivity contribution is 5.93. The molecule has 0 aliphatic rings. The van der Waals surface area contributed by atoms with E-state index in [1.54, 1.807) is 19.1 Å². The molecule has 0 fully saturated rings. The summed E-state index contributed by atoms with van der Waals surface area (Å²) in [6.45, 7) is 4.20. The van der Waals surface area contributed by atoms with Crippen LogP contribution in [-0.4, -0.2) is 26.9 Å². The largest absolute Gasteiger partial charge is 0.364 e. The highest BCUT2D eigenvalue weighted by atomic mass is 16.5. The number of rotatable bonds is 3. The normalized spacial score (nSPS) is 10.0. The molecule has 88 valence electrons. The van der Waals surface area contributed by atoms with E-state index in [4.69, 9.17) is 4.74 Å². The van der Waals surface area contributed by atoms with Crippen LogP contribution in [0.3, 0.4) is 0 Å². The summed E-state index contributed by atoms with van der Waals surface area (Å²) in [5.41, 5.74) is 3.02. The van der Waals surface area contributed by atoms with Gasteiger partial charge in [-0.25, -0.2) is 4.79 Å². The molecule has 1 aromatic carbocycles. The van der Waals surface area contributed by atoms with E-state index in [0.717, 1.165) is 16.8 Å². The van der Waals surface area contributed by atoms with E-state index >= 15 is 0 Å². The standard InChI is InChI=1S/C12H18N2O2/c1-9-6-5-7-10(2)11(9)14(8-16-4)12(15)13-3/h5-7H,8H2,1-4H3,(H,13,15). The van der Waals surface area contributed by atoms with Crippen molar-refractivity contribution < 1.29 is 9.53 Å². The average Bonchev–Trinajstić information content (AvgIpc) is 2.26. The molecule has 1 rings (SSSR count). The van der Waals surface area contributed by atoms with Crippen LogP contribution >= 0.6 is 0 Å². The molecule has 0 spiro atoms. The summed E-state index contributed by atoms with van der Waals surface area (Å²) < 4.78 is 5.06. The number of urea groups is 1. The summed E-state index contributed by atoms with van der Waals surface area (Å²) in [6.07, 6.45) is 0. The molecule has 16 heavy (non-hydrogen) atoms. The molecule has 0 heterocycles. The summed E-state index contributed by atoms with van der Waals surface area (Å²) in [5, 5.41) is 2.61. The van der Waals surface area contributed by atoms with E-state index in [2.05, 4.69) is 5.32 Å². The third-order valence-electron chi connectivity index (χ3n) is 2.43. The number of carbonyl (C=O) groups excluding carboxylic acids is 1. The molecule has 4 heteroatoms. The number of hydrogen-bond donors (Lipinski definition) is 1. The quantitative estimate of drug-likeness (QED) is 0.795. The van der Waals surface area contributed by atoms with Gasteiger partial charge in [0.2, 0.25) is 0 Å². The van der Waals surface area contributed by atoms with E-state index in [0.29, 0.717) is 0 Å². The fourth-order valence-electron chi connectivity index (χ4n) is 1.72. The Labute approximate surface area is 96.2 Å². The SMILES string of the molecule is CNC(=O)N(COC)c1c(C)cccc1C. The van der Waals surface area contributed by atoms with Gasteiger partial charge in [-0.2, -0.15) is 0 Å². The first-order valence-electron chi connectivity index (χ1n) is 5.16. The van der Waals surface area contributed by atoms with Crippen LogP contribution in [-0.2, 0) is 4.74 Å². The second kappa shape index (κ2) is 5.51. The molecule has 1 aromatic rings. The number of benzene rings is 1. The summed E-state index contributed by atoms with van der Waals surface area (Å²) >= 11 is 0. The Hall–Kier alpha value is -1.55. The second-order valence-corrected chi connectivity index (χ2v) is 3.64. The van der Waals surface area contributed by atoms with Gasteiger partial charge in [-0.15, -0.1) is 0 Å². The Morgan fingerprint density at radius 3 is 2.38 bits per heavy atom. The monoisotopic (exact) mass is 222 g/mol. The third kappa shape index (κ3) is 2.52. The molecular weight excluding hydrogens is 204 g/mol. The van der Waals surface area contributed by atoms with Gasteiger partial charge in [0.1, 0.15) is 6.73 Å². The number of aryl methyl sites for hydroxylation is 2. The topological polar surface area (TPSA) is 41.6 Å². The molecular formula is C12H18N2O2. The van der Waals surface area contributed by atoms with Crippen LogP contribution in [0.5, 0.6) is 0 Å². The number of nitrogens with one attached hydrogen (secondary N) is 1. The van der Waals surface area contributed by atoms with Crippen molar-refractivity contribution in [2.24, 2.45) is 0 Å². The molecule has 0 radical (unpaired) electrons. The lowest BCUT2D eigenvalue weighted by Crippen LogP contribution is -2.40. The minimum absolute atomic E-state index is 0.167. The number of nitrogens with zero attached hydrogens (tertiary/aromatic N) is 1. The van der Waals surface area contributed by atoms with Crippen molar-refractivity contribution in [3.63, 3.8) is 0 Å². The zero-order valence-electron chi connectivity index (χ0n) is 10.2. The molecule has 0 aliphatic carbocycles. The van der Waals surface area contributed by atoms with Crippen LogP contribution in [0.25, 0.3) is 0 Å². The average molecular weight is 222 g/mol. The number of hydrogen-bond acceptors (Lipinski definition) is 2. The van der Waals surface area contributed by atoms with Crippen LogP contribution in [0, 0.1) is 13.8 Å². The Morgan fingerprint density at radius 1 is 1.38 bits per heavy atom. The molecule has 4 nitrogen and oxygen atoms in total. The molecule has 0 saturated heterocycles. The summed E-state index contributed by atoms with van der Waals surface area (Å²) in [5.74, 6) is 0. The number of para-hydroxylation sites is 1. The van der Waals surface area contributed by atoms with Crippen molar-refractivity contribution >= 4 is 11.7 Å². The fraction of sp³-hybridized carbons (Fsp3) is 0.417. The first-order chi connectivity index (χ1) is 7.61. The van der Waals surface area contributed by atoms with Gasteiger partial charge in [0.15, 0.2) is 0 Å². The Morgan fingerprint density at radius 2 is 1.94 bits per heavy atom. The zero-order valence-corrected chi connectivity index (χ0v) is 10.2. The lowest BCUT2D eigenvalue weighted by Gasteiger charge is -2.24. The number of anilines is 1. The van der Waals surface area contributed by atoms with Gasteiger partial charge >= 0.3 is 6.03 Å². The van der Waals surface area contributed by atoms with E-state index < -0.39 is 0 Å². The van der Waals surface area contributed by atoms with Gasteiger partial charge in [0.05, 0.1) is 5.69 Å². The predicted octanol–water partition coefficient (Wildman–Crippen LogP) is 2.05.